The van der Waals surface area contributed by atoms with Crippen molar-refractivity contribution in [3.8, 4) is 0 Å². The summed E-state index contributed by atoms with van der Waals surface area (Å²) in [5, 5.41) is 1.79. The van der Waals surface area contributed by atoms with Crippen LogP contribution in [0.1, 0.15) is 26.5 Å². The molecule has 2 aromatic rings. The van der Waals surface area contributed by atoms with E-state index in [1.165, 1.54) is 28.4 Å². The number of amides is 2. The van der Waals surface area contributed by atoms with E-state index in [2.05, 4.69) is 12.2 Å². The zero-order chi connectivity index (χ0) is 21.3. The summed E-state index contributed by atoms with van der Waals surface area (Å²) in [5.41, 5.74) is 0.742. The molecule has 0 unspecified atom stereocenters. The molecule has 1 aliphatic heterocycles. The number of hydrogen-bond donors (Lipinski definition) is 0. The molecule has 0 N–H and O–H groups in total. The summed E-state index contributed by atoms with van der Waals surface area (Å²) in [6.07, 6.45) is 5.41. The molecule has 2 amide bonds. The second-order valence-corrected chi connectivity index (χ2v) is 9.64. The maximum Gasteiger partial charge on any atom is 0.338 e. The van der Waals surface area contributed by atoms with Crippen molar-refractivity contribution >= 4 is 40.6 Å². The van der Waals surface area contributed by atoms with Crippen LogP contribution in [0.2, 0.25) is 0 Å². The molecule has 156 valence electrons. The maximum absolute atomic E-state index is 13.2. The minimum absolute atomic E-state index is 0.128. The van der Waals surface area contributed by atoms with E-state index in [1.54, 1.807) is 29.6 Å². The third-order valence-corrected chi connectivity index (χ3v) is 8.07. The van der Waals surface area contributed by atoms with E-state index >= 15 is 0 Å². The normalized spacial score (nSPS) is 32.1. The molecular weight excluding hydrogens is 414 g/mol. The van der Waals surface area contributed by atoms with Gasteiger partial charge in [0.05, 0.1) is 28.0 Å². The van der Waals surface area contributed by atoms with Gasteiger partial charge < -0.3 is 4.74 Å². The third kappa shape index (κ3) is 2.76. The number of ether oxygens (including phenoxy) is 1. The summed E-state index contributed by atoms with van der Waals surface area (Å²) in [7, 11) is 0. The Morgan fingerprint density at radius 2 is 1.61 bits per heavy atom. The Kier molecular flexibility index (Phi) is 4.05. The molecular formula is C24H19NO5S. The number of anilines is 1. The van der Waals surface area contributed by atoms with Gasteiger partial charge in [-0.1, -0.05) is 18.2 Å². The van der Waals surface area contributed by atoms with Gasteiger partial charge in [0.1, 0.15) is 0 Å². The van der Waals surface area contributed by atoms with Gasteiger partial charge in [-0.2, -0.15) is 0 Å². The average molecular weight is 433 g/mol. The molecule has 7 rings (SSSR count). The Balaban J connectivity index is 1.16. The van der Waals surface area contributed by atoms with Gasteiger partial charge in [0, 0.05) is 0 Å². The van der Waals surface area contributed by atoms with Crippen LogP contribution >= 0.6 is 11.3 Å². The molecule has 7 heteroatoms. The predicted octanol–water partition coefficient (Wildman–Crippen LogP) is 3.35. The molecule has 2 heterocycles. The van der Waals surface area contributed by atoms with E-state index in [1.807, 2.05) is 0 Å². The van der Waals surface area contributed by atoms with Gasteiger partial charge in [0.15, 0.2) is 6.61 Å². The number of allylic oxidation sites excluding steroid dienone is 2. The summed E-state index contributed by atoms with van der Waals surface area (Å²) < 4.78 is 5.11. The number of carbonyl (C=O) groups excluding carboxylic acids is 4. The number of hydrogen-bond acceptors (Lipinski definition) is 6. The number of benzene rings is 1. The van der Waals surface area contributed by atoms with Gasteiger partial charge >= 0.3 is 5.97 Å². The highest BCUT2D eigenvalue weighted by Gasteiger charge is 2.67. The quantitative estimate of drug-likeness (QED) is 0.313. The topological polar surface area (TPSA) is 80.8 Å². The first-order valence-electron chi connectivity index (χ1n) is 10.4. The molecule has 4 aliphatic carbocycles. The second kappa shape index (κ2) is 6.72. The Morgan fingerprint density at radius 3 is 2.19 bits per heavy atom. The molecule has 1 aromatic heterocycles. The van der Waals surface area contributed by atoms with Crippen molar-refractivity contribution in [2.45, 2.75) is 6.42 Å². The number of thiophene rings is 1. The van der Waals surface area contributed by atoms with E-state index in [0.29, 0.717) is 22.4 Å². The summed E-state index contributed by atoms with van der Waals surface area (Å²) in [6, 6.07) is 9.70. The largest absolute Gasteiger partial charge is 0.454 e. The van der Waals surface area contributed by atoms with E-state index in [0.717, 1.165) is 6.42 Å². The fourth-order valence-electron chi connectivity index (χ4n) is 5.68. The number of carbonyl (C=O) groups is 4. The number of esters is 1. The van der Waals surface area contributed by atoms with Crippen LogP contribution in [0, 0.1) is 35.5 Å². The molecule has 0 radical (unpaired) electrons. The monoisotopic (exact) mass is 433 g/mol. The molecule has 0 spiro atoms. The fourth-order valence-corrected chi connectivity index (χ4v) is 6.33. The van der Waals surface area contributed by atoms with Crippen LogP contribution in [0.25, 0.3) is 0 Å². The van der Waals surface area contributed by atoms with Crippen molar-refractivity contribution in [3.63, 3.8) is 0 Å². The summed E-state index contributed by atoms with van der Waals surface area (Å²) in [6.45, 7) is -0.328. The van der Waals surface area contributed by atoms with Gasteiger partial charge in [-0.25, -0.2) is 4.79 Å². The van der Waals surface area contributed by atoms with Crippen LogP contribution in [0.5, 0.6) is 0 Å². The first-order chi connectivity index (χ1) is 15.0. The van der Waals surface area contributed by atoms with Gasteiger partial charge in [-0.05, 0) is 65.8 Å². The van der Waals surface area contributed by atoms with E-state index in [9.17, 15) is 19.2 Å². The average Bonchev–Trinajstić information content (AvgIpc) is 3.36. The SMILES string of the molecule is O=C(OCC(=O)c1cccs1)c1ccc(N2C(=O)[C@@H]3[C@H]4C=C[C@H]([C@H]5C[C@H]45)[C@@H]3C2=O)cc1. The first-order valence-corrected chi connectivity index (χ1v) is 11.3. The fraction of sp³-hybridized carbons (Fsp3) is 0.333. The van der Waals surface area contributed by atoms with Gasteiger partial charge in [-0.3, -0.25) is 19.3 Å². The molecule has 2 saturated carbocycles. The van der Waals surface area contributed by atoms with Crippen molar-refractivity contribution in [1.82, 2.24) is 0 Å². The zero-order valence-corrected chi connectivity index (χ0v) is 17.3. The lowest BCUT2D eigenvalue weighted by Gasteiger charge is -2.37. The number of imide groups is 1. The number of Topliss-reactive ketones (excluding diaryl/α,β-unsaturated/α-hetero) is 1. The van der Waals surface area contributed by atoms with Gasteiger partial charge in [0.25, 0.3) is 0 Å². The standard InChI is InChI=1S/C24H19NO5S/c26-18(19-2-1-9-31-19)11-30-24(29)12-3-5-13(6-4-12)25-22(27)20-14-7-8-15(17-10-16(14)17)21(20)23(25)28/h1-9,14-17,20-21H,10-11H2/t14-,15+,16-,17-,20+,21-/m1/s1. The lowest BCUT2D eigenvalue weighted by molar-refractivity contribution is -0.124. The van der Waals surface area contributed by atoms with E-state index in [-0.39, 0.29) is 53.4 Å². The number of nitrogens with zero attached hydrogens (tertiary/aromatic N) is 1. The van der Waals surface area contributed by atoms with E-state index < -0.39 is 5.97 Å². The van der Waals surface area contributed by atoms with Crippen LogP contribution in [0.15, 0.2) is 53.9 Å². The number of ketones is 1. The Labute approximate surface area is 182 Å². The zero-order valence-electron chi connectivity index (χ0n) is 16.5. The lowest BCUT2D eigenvalue weighted by atomic mass is 9.63. The minimum Gasteiger partial charge on any atom is -0.454 e. The highest BCUT2D eigenvalue weighted by molar-refractivity contribution is 7.12. The predicted molar refractivity (Wildman–Crippen MR) is 113 cm³/mol. The van der Waals surface area contributed by atoms with Crippen molar-refractivity contribution < 1.29 is 23.9 Å². The van der Waals surface area contributed by atoms with Crippen molar-refractivity contribution in [1.29, 1.82) is 0 Å². The molecule has 5 aliphatic rings. The summed E-state index contributed by atoms with van der Waals surface area (Å²) >= 11 is 1.30. The third-order valence-electron chi connectivity index (χ3n) is 7.15. The van der Waals surface area contributed by atoms with Crippen LogP contribution in [-0.2, 0) is 14.3 Å². The minimum atomic E-state index is -0.619. The van der Waals surface area contributed by atoms with E-state index in [4.69, 9.17) is 4.74 Å². The maximum atomic E-state index is 13.2. The molecule has 3 fully saturated rings. The van der Waals surface area contributed by atoms with Crippen LogP contribution < -0.4 is 4.90 Å². The van der Waals surface area contributed by atoms with Crippen molar-refractivity contribution in [3.05, 3.63) is 64.4 Å². The molecule has 6 atom stereocenters. The van der Waals surface area contributed by atoms with Crippen LogP contribution in [0.4, 0.5) is 5.69 Å². The first kappa shape index (κ1) is 18.7. The Hall–Kier alpha value is -3.06. The van der Waals surface area contributed by atoms with Gasteiger partial charge in [0.2, 0.25) is 17.6 Å². The van der Waals surface area contributed by atoms with Crippen LogP contribution in [0.3, 0.4) is 0 Å². The Morgan fingerprint density at radius 1 is 0.968 bits per heavy atom. The summed E-state index contributed by atoms with van der Waals surface area (Å²) in [5.74, 6) is -0.160. The Bertz CT molecular complexity index is 1100. The summed E-state index contributed by atoms with van der Waals surface area (Å²) in [4.78, 5) is 52.4. The van der Waals surface area contributed by atoms with Crippen molar-refractivity contribution in [2.24, 2.45) is 35.5 Å². The molecule has 1 saturated heterocycles. The van der Waals surface area contributed by atoms with Gasteiger partial charge in [-0.15, -0.1) is 11.3 Å². The molecule has 2 bridgehead atoms. The molecule has 31 heavy (non-hydrogen) atoms. The van der Waals surface area contributed by atoms with Crippen LogP contribution in [-0.4, -0.2) is 30.2 Å². The lowest BCUT2D eigenvalue weighted by Crippen LogP contribution is -2.40. The highest BCUT2D eigenvalue weighted by Crippen LogP contribution is 2.65. The smallest absolute Gasteiger partial charge is 0.338 e. The molecule has 1 aromatic carbocycles. The highest BCUT2D eigenvalue weighted by atomic mass is 32.1. The van der Waals surface area contributed by atoms with Crippen molar-refractivity contribution in [2.75, 3.05) is 11.5 Å². The molecule has 6 nitrogen and oxygen atoms in total. The second-order valence-electron chi connectivity index (χ2n) is 8.69. The number of rotatable bonds is 5.